The van der Waals surface area contributed by atoms with Gasteiger partial charge in [0, 0.05) is 12.1 Å². The number of benzene rings is 1. The lowest BCUT2D eigenvalue weighted by Crippen LogP contribution is -2.54. The Labute approximate surface area is 167 Å². The van der Waals surface area contributed by atoms with Crippen LogP contribution in [0.3, 0.4) is 0 Å². The summed E-state index contributed by atoms with van der Waals surface area (Å²) in [4.78, 5) is 34.1. The van der Waals surface area contributed by atoms with Crippen molar-refractivity contribution >= 4 is 17.6 Å². The maximum atomic E-state index is 13.6. The van der Waals surface area contributed by atoms with E-state index in [1.54, 1.807) is 30.9 Å². The predicted octanol–water partition coefficient (Wildman–Crippen LogP) is 2.38. The number of esters is 1. The molecule has 1 aliphatic heterocycles. The number of hydrogen-bond donors (Lipinski definition) is 1. The highest BCUT2D eigenvalue weighted by Gasteiger charge is 2.53. The lowest BCUT2D eigenvalue weighted by Gasteiger charge is -2.36. The lowest BCUT2D eigenvalue weighted by molar-refractivity contribution is -0.157. The van der Waals surface area contributed by atoms with E-state index in [4.69, 9.17) is 9.57 Å². The molecule has 0 radical (unpaired) electrons. The van der Waals surface area contributed by atoms with Gasteiger partial charge in [0.1, 0.15) is 12.0 Å². The van der Waals surface area contributed by atoms with Crippen LogP contribution in [0.4, 0.5) is 5.69 Å². The first-order chi connectivity index (χ1) is 13.2. The van der Waals surface area contributed by atoms with Crippen LogP contribution in [0.15, 0.2) is 30.3 Å². The standard InChI is InChI=1S/C21H32N2O5/c1-13(2)22(14(3)4)20(25)19-18(21(26)27-15(5)6)17(12-24)28-23(19)16-10-8-7-9-11-16/h7-11,13-15,17-19,24H,12H2,1-6H3/t17-,18-,19-/m0/s1. The number of rotatable bonds is 7. The van der Waals surface area contributed by atoms with Crippen LogP contribution in [-0.2, 0) is 19.2 Å². The van der Waals surface area contributed by atoms with E-state index in [0.717, 1.165) is 0 Å². The second-order valence-electron chi connectivity index (χ2n) is 7.88. The van der Waals surface area contributed by atoms with Gasteiger partial charge in [-0.25, -0.2) is 5.06 Å². The van der Waals surface area contributed by atoms with Gasteiger partial charge in [0.15, 0.2) is 6.04 Å². The second-order valence-corrected chi connectivity index (χ2v) is 7.88. The van der Waals surface area contributed by atoms with Gasteiger partial charge in [-0.15, -0.1) is 0 Å². The third kappa shape index (κ3) is 4.64. The molecule has 0 saturated carbocycles. The molecule has 7 heteroatoms. The topological polar surface area (TPSA) is 79.3 Å². The summed E-state index contributed by atoms with van der Waals surface area (Å²) in [7, 11) is 0. The predicted molar refractivity (Wildman–Crippen MR) is 107 cm³/mol. The van der Waals surface area contributed by atoms with Crippen LogP contribution in [0, 0.1) is 5.92 Å². The van der Waals surface area contributed by atoms with E-state index in [2.05, 4.69) is 0 Å². The first-order valence-corrected chi connectivity index (χ1v) is 9.83. The normalized spacial score (nSPS) is 22.2. The summed E-state index contributed by atoms with van der Waals surface area (Å²) < 4.78 is 5.40. The molecular formula is C21H32N2O5. The molecule has 1 amide bonds. The van der Waals surface area contributed by atoms with Crippen LogP contribution in [0.25, 0.3) is 0 Å². The van der Waals surface area contributed by atoms with Gasteiger partial charge in [0.25, 0.3) is 0 Å². The Bertz CT molecular complexity index is 654. The maximum Gasteiger partial charge on any atom is 0.314 e. The van der Waals surface area contributed by atoms with Crippen molar-refractivity contribution in [3.63, 3.8) is 0 Å². The number of carbonyl (C=O) groups excluding carboxylic acids is 2. The molecule has 3 atom stereocenters. The van der Waals surface area contributed by atoms with Gasteiger partial charge in [-0.1, -0.05) is 18.2 Å². The van der Waals surface area contributed by atoms with Gasteiger partial charge in [-0.2, -0.15) is 0 Å². The highest BCUT2D eigenvalue weighted by atomic mass is 16.7. The summed E-state index contributed by atoms with van der Waals surface area (Å²) in [5.41, 5.74) is 0.645. The zero-order chi connectivity index (χ0) is 21.0. The number of para-hydroxylation sites is 1. The Kier molecular flexibility index (Phi) is 7.43. The number of hydroxylamine groups is 1. The van der Waals surface area contributed by atoms with Gasteiger partial charge in [-0.05, 0) is 53.7 Å². The first kappa shape index (κ1) is 22.2. The monoisotopic (exact) mass is 392 g/mol. The molecular weight excluding hydrogens is 360 g/mol. The highest BCUT2D eigenvalue weighted by molar-refractivity contribution is 5.92. The number of aliphatic hydroxyl groups excluding tert-OH is 1. The van der Waals surface area contributed by atoms with Crippen LogP contribution in [-0.4, -0.2) is 58.8 Å². The fraction of sp³-hybridized carbons (Fsp3) is 0.619. The summed E-state index contributed by atoms with van der Waals surface area (Å²) in [6.45, 7) is 10.9. The van der Waals surface area contributed by atoms with Crippen LogP contribution in [0.5, 0.6) is 0 Å². The Hall–Kier alpha value is -2.12. The van der Waals surface area contributed by atoms with Crippen molar-refractivity contribution in [3.8, 4) is 0 Å². The van der Waals surface area contributed by atoms with E-state index >= 15 is 0 Å². The van der Waals surface area contributed by atoms with Crippen molar-refractivity contribution in [3.05, 3.63) is 30.3 Å². The van der Waals surface area contributed by atoms with E-state index in [9.17, 15) is 14.7 Å². The van der Waals surface area contributed by atoms with Gasteiger partial charge >= 0.3 is 5.97 Å². The zero-order valence-electron chi connectivity index (χ0n) is 17.5. The summed E-state index contributed by atoms with van der Waals surface area (Å²) >= 11 is 0. The summed E-state index contributed by atoms with van der Waals surface area (Å²) in [6, 6.07) is 8.10. The SMILES string of the molecule is CC(C)OC(=O)[C@H]1[C@H](CO)ON(c2ccccc2)[C@@H]1C(=O)N(C(C)C)C(C)C. The number of carbonyl (C=O) groups is 2. The number of hydrogen-bond acceptors (Lipinski definition) is 6. The van der Waals surface area contributed by atoms with Crippen molar-refractivity contribution in [2.45, 2.75) is 71.9 Å². The average molecular weight is 392 g/mol. The molecule has 2 rings (SSSR count). The third-order valence-corrected chi connectivity index (χ3v) is 4.68. The van der Waals surface area contributed by atoms with Gasteiger partial charge in [0.05, 0.1) is 18.4 Å². The van der Waals surface area contributed by atoms with Crippen molar-refractivity contribution in [1.29, 1.82) is 0 Å². The summed E-state index contributed by atoms with van der Waals surface area (Å²) in [5, 5.41) is 11.3. The number of amides is 1. The maximum absolute atomic E-state index is 13.6. The Balaban J connectivity index is 2.51. The molecule has 7 nitrogen and oxygen atoms in total. The average Bonchev–Trinajstić information content (AvgIpc) is 3.01. The molecule has 0 aromatic heterocycles. The quantitative estimate of drug-likeness (QED) is 0.718. The lowest BCUT2D eigenvalue weighted by atomic mass is 9.92. The fourth-order valence-corrected chi connectivity index (χ4v) is 3.67. The smallest absolute Gasteiger partial charge is 0.314 e. The third-order valence-electron chi connectivity index (χ3n) is 4.68. The minimum Gasteiger partial charge on any atom is -0.463 e. The molecule has 1 fully saturated rings. The molecule has 1 aliphatic rings. The van der Waals surface area contributed by atoms with E-state index in [-0.39, 0.29) is 24.1 Å². The van der Waals surface area contributed by atoms with Gasteiger partial charge < -0.3 is 14.7 Å². The zero-order valence-corrected chi connectivity index (χ0v) is 17.5. The molecule has 0 aliphatic carbocycles. The molecule has 1 N–H and O–H groups in total. The molecule has 1 saturated heterocycles. The molecule has 156 valence electrons. The number of aliphatic hydroxyl groups is 1. The van der Waals surface area contributed by atoms with Crippen molar-refractivity contribution in [2.24, 2.45) is 5.92 Å². The molecule has 1 heterocycles. The molecule has 0 spiro atoms. The Morgan fingerprint density at radius 2 is 1.68 bits per heavy atom. The highest BCUT2D eigenvalue weighted by Crippen LogP contribution is 2.35. The van der Waals surface area contributed by atoms with E-state index in [1.165, 1.54) is 5.06 Å². The van der Waals surface area contributed by atoms with Crippen LogP contribution in [0.2, 0.25) is 0 Å². The van der Waals surface area contributed by atoms with Crippen LogP contribution < -0.4 is 5.06 Å². The minimum atomic E-state index is -0.930. The largest absolute Gasteiger partial charge is 0.463 e. The molecule has 1 aromatic rings. The molecule has 0 unspecified atom stereocenters. The van der Waals surface area contributed by atoms with Gasteiger partial charge in [-0.3, -0.25) is 14.4 Å². The number of anilines is 1. The van der Waals surface area contributed by atoms with Crippen LogP contribution in [0.1, 0.15) is 41.5 Å². The van der Waals surface area contributed by atoms with E-state index < -0.39 is 30.6 Å². The van der Waals surface area contributed by atoms with Gasteiger partial charge in [0.2, 0.25) is 5.91 Å². The molecule has 0 bridgehead atoms. The van der Waals surface area contributed by atoms with Crippen molar-refractivity contribution in [2.75, 3.05) is 11.7 Å². The summed E-state index contributed by atoms with van der Waals surface area (Å²) in [5.74, 6) is -1.70. The first-order valence-electron chi connectivity index (χ1n) is 9.83. The molecule has 1 aromatic carbocycles. The second kappa shape index (κ2) is 9.39. The number of ether oxygens (including phenoxy) is 1. The summed E-state index contributed by atoms with van der Waals surface area (Å²) in [6.07, 6.45) is -1.19. The van der Waals surface area contributed by atoms with Crippen molar-refractivity contribution < 1.29 is 24.3 Å². The molecule has 28 heavy (non-hydrogen) atoms. The van der Waals surface area contributed by atoms with Crippen molar-refractivity contribution in [1.82, 2.24) is 4.90 Å². The van der Waals surface area contributed by atoms with E-state index in [0.29, 0.717) is 5.69 Å². The van der Waals surface area contributed by atoms with E-state index in [1.807, 2.05) is 45.9 Å². The Morgan fingerprint density at radius 1 is 1.11 bits per heavy atom. The minimum absolute atomic E-state index is 0.0555. The fourth-order valence-electron chi connectivity index (χ4n) is 3.67. The van der Waals surface area contributed by atoms with Crippen LogP contribution >= 0.6 is 0 Å². The Morgan fingerprint density at radius 3 is 2.14 bits per heavy atom. The number of nitrogens with zero attached hydrogens (tertiary/aromatic N) is 2.